The summed E-state index contributed by atoms with van der Waals surface area (Å²) in [5, 5.41) is 2.22. The predicted octanol–water partition coefficient (Wildman–Crippen LogP) is 1.93. The van der Waals surface area contributed by atoms with Crippen molar-refractivity contribution in [2.75, 3.05) is 5.32 Å². The molecule has 0 unspecified atom stereocenters. The number of nitrogens with one attached hydrogen (secondary N) is 2. The van der Waals surface area contributed by atoms with Crippen molar-refractivity contribution in [1.29, 1.82) is 0 Å². The van der Waals surface area contributed by atoms with Crippen molar-refractivity contribution in [3.05, 3.63) is 57.9 Å². The highest BCUT2D eigenvalue weighted by molar-refractivity contribution is 5.94. The van der Waals surface area contributed by atoms with Gasteiger partial charge in [0.25, 0.3) is 0 Å². The second-order valence-electron chi connectivity index (χ2n) is 5.02. The Kier molecular flexibility index (Phi) is 3.44. The second kappa shape index (κ2) is 5.28. The quantitative estimate of drug-likeness (QED) is 0.909. The molecule has 5 nitrogen and oxygen atoms in total. The molecule has 0 bridgehead atoms. The van der Waals surface area contributed by atoms with Gasteiger partial charge in [-0.2, -0.15) is 4.98 Å². The molecular weight excluding hydrogens is 299 g/mol. The van der Waals surface area contributed by atoms with Crippen LogP contribution in [0.3, 0.4) is 0 Å². The van der Waals surface area contributed by atoms with Crippen LogP contribution in [0.25, 0.3) is 0 Å². The molecule has 0 aliphatic heterocycles. The Hall–Kier alpha value is -2.64. The maximum Gasteiger partial charge on any atom is 0.346 e. The van der Waals surface area contributed by atoms with E-state index in [-0.39, 0.29) is 5.56 Å². The lowest BCUT2D eigenvalue weighted by molar-refractivity contribution is -0.117. The van der Waals surface area contributed by atoms with Gasteiger partial charge in [-0.15, -0.1) is 0 Å². The summed E-state index contributed by atoms with van der Waals surface area (Å²) in [6.07, 6.45) is 1.01. The standard InChI is InChI=1S/C14H10F3N3O2/c15-6-1-2-10(16)8(3-6)7-4-9(7)13(21)19-12-11(17)5-18-14(22)20-12/h1-3,5,7,9H,4H2,(H2,18,19,20,21,22)/t7-,9+/m0/s1. The number of nitrogens with zero attached hydrogens (tertiary/aromatic N) is 1. The summed E-state index contributed by atoms with van der Waals surface area (Å²) in [5.74, 6) is -4.11. The molecule has 22 heavy (non-hydrogen) atoms. The van der Waals surface area contributed by atoms with Gasteiger partial charge in [-0.3, -0.25) is 9.78 Å². The lowest BCUT2D eigenvalue weighted by Crippen LogP contribution is -2.21. The SMILES string of the molecule is O=C(Nc1[nH]c(=O)ncc1F)[C@@H]1C[C@H]1c1cc(F)ccc1F. The van der Waals surface area contributed by atoms with Crippen molar-refractivity contribution in [2.24, 2.45) is 5.92 Å². The van der Waals surface area contributed by atoms with Gasteiger partial charge in [0.1, 0.15) is 11.6 Å². The fourth-order valence-electron chi connectivity index (χ4n) is 2.31. The first-order valence-electron chi connectivity index (χ1n) is 6.46. The average Bonchev–Trinajstić information content (AvgIpc) is 3.26. The first-order valence-corrected chi connectivity index (χ1v) is 6.46. The van der Waals surface area contributed by atoms with E-state index in [4.69, 9.17) is 0 Å². The van der Waals surface area contributed by atoms with E-state index >= 15 is 0 Å². The summed E-state index contributed by atoms with van der Waals surface area (Å²) in [6, 6.07) is 3.04. The third kappa shape index (κ3) is 2.72. The molecule has 0 radical (unpaired) electrons. The van der Waals surface area contributed by atoms with Crippen molar-refractivity contribution in [3.63, 3.8) is 0 Å². The van der Waals surface area contributed by atoms with Gasteiger partial charge in [-0.25, -0.2) is 18.0 Å². The molecule has 2 atom stereocenters. The maximum absolute atomic E-state index is 13.6. The van der Waals surface area contributed by atoms with Gasteiger partial charge in [-0.1, -0.05) is 0 Å². The number of benzene rings is 1. The number of hydrogen-bond donors (Lipinski definition) is 2. The number of hydrogen-bond acceptors (Lipinski definition) is 3. The van der Waals surface area contributed by atoms with Gasteiger partial charge in [0.05, 0.1) is 6.20 Å². The number of carbonyl (C=O) groups excluding carboxylic acids is 1. The van der Waals surface area contributed by atoms with Crippen molar-refractivity contribution < 1.29 is 18.0 Å². The molecular formula is C14H10F3N3O2. The summed E-state index contributed by atoms with van der Waals surface area (Å²) < 4.78 is 40.2. The van der Waals surface area contributed by atoms with Gasteiger partial charge < -0.3 is 5.32 Å². The zero-order valence-electron chi connectivity index (χ0n) is 11.1. The van der Waals surface area contributed by atoms with Crippen LogP contribution in [-0.4, -0.2) is 15.9 Å². The molecule has 0 saturated heterocycles. The molecule has 1 aliphatic rings. The van der Waals surface area contributed by atoms with E-state index < -0.39 is 46.7 Å². The highest BCUT2D eigenvalue weighted by Gasteiger charge is 2.45. The molecule has 114 valence electrons. The number of halogens is 3. The topological polar surface area (TPSA) is 74.8 Å². The molecule has 1 fully saturated rings. The van der Waals surface area contributed by atoms with Crippen molar-refractivity contribution in [2.45, 2.75) is 12.3 Å². The molecule has 1 aromatic heterocycles. The molecule has 1 heterocycles. The minimum Gasteiger partial charge on any atom is -0.309 e. The number of aromatic amines is 1. The number of rotatable bonds is 3. The Morgan fingerprint density at radius 3 is 2.82 bits per heavy atom. The van der Waals surface area contributed by atoms with E-state index in [9.17, 15) is 22.8 Å². The van der Waals surface area contributed by atoms with E-state index in [0.29, 0.717) is 12.6 Å². The molecule has 2 N–H and O–H groups in total. The summed E-state index contributed by atoms with van der Waals surface area (Å²) in [5.41, 5.74) is -0.691. The van der Waals surface area contributed by atoms with Crippen LogP contribution < -0.4 is 11.0 Å². The Bertz CT molecular complexity index is 806. The zero-order chi connectivity index (χ0) is 15.9. The molecule has 1 aromatic carbocycles. The van der Waals surface area contributed by atoms with E-state index in [2.05, 4.69) is 15.3 Å². The van der Waals surface area contributed by atoms with Gasteiger partial charge in [-0.05, 0) is 36.1 Å². The fraction of sp³-hybridized carbons (Fsp3) is 0.214. The molecule has 3 rings (SSSR count). The summed E-state index contributed by atoms with van der Waals surface area (Å²) in [4.78, 5) is 28.2. The van der Waals surface area contributed by atoms with E-state index in [1.165, 1.54) is 0 Å². The van der Waals surface area contributed by atoms with Gasteiger partial charge in [0, 0.05) is 5.92 Å². The number of H-pyrrole nitrogens is 1. The Morgan fingerprint density at radius 1 is 1.27 bits per heavy atom. The largest absolute Gasteiger partial charge is 0.346 e. The number of anilines is 1. The zero-order valence-corrected chi connectivity index (χ0v) is 11.1. The molecule has 1 amide bonds. The lowest BCUT2D eigenvalue weighted by atomic mass is 10.1. The molecule has 1 aliphatic carbocycles. The molecule has 0 spiro atoms. The van der Waals surface area contributed by atoms with Crippen LogP contribution in [0.2, 0.25) is 0 Å². The van der Waals surface area contributed by atoms with E-state index in [1.54, 1.807) is 0 Å². The molecule has 8 heteroatoms. The average molecular weight is 309 g/mol. The smallest absolute Gasteiger partial charge is 0.309 e. The highest BCUT2D eigenvalue weighted by Crippen LogP contribution is 2.48. The van der Waals surface area contributed by atoms with Crippen molar-refractivity contribution in [1.82, 2.24) is 9.97 Å². The van der Waals surface area contributed by atoms with Crippen LogP contribution in [-0.2, 0) is 4.79 Å². The Labute approximate surface area is 122 Å². The summed E-state index contributed by atoms with van der Waals surface area (Å²) in [7, 11) is 0. The third-order valence-corrected chi connectivity index (χ3v) is 3.50. The highest BCUT2D eigenvalue weighted by atomic mass is 19.1. The van der Waals surface area contributed by atoms with Crippen LogP contribution >= 0.6 is 0 Å². The summed E-state index contributed by atoms with van der Waals surface area (Å²) in [6.45, 7) is 0. The predicted molar refractivity (Wildman–Crippen MR) is 70.7 cm³/mol. The maximum atomic E-state index is 13.6. The molecule has 1 saturated carbocycles. The van der Waals surface area contributed by atoms with Gasteiger partial charge in [0.2, 0.25) is 5.91 Å². The van der Waals surface area contributed by atoms with Crippen LogP contribution in [0.5, 0.6) is 0 Å². The molecule has 2 aromatic rings. The van der Waals surface area contributed by atoms with Crippen LogP contribution in [0.1, 0.15) is 17.9 Å². The van der Waals surface area contributed by atoms with Crippen LogP contribution in [0, 0.1) is 23.4 Å². The minimum atomic E-state index is -0.887. The van der Waals surface area contributed by atoms with Gasteiger partial charge in [0.15, 0.2) is 11.6 Å². The number of aromatic nitrogens is 2. The van der Waals surface area contributed by atoms with Crippen molar-refractivity contribution >= 4 is 11.7 Å². The second-order valence-corrected chi connectivity index (χ2v) is 5.02. The van der Waals surface area contributed by atoms with E-state index in [1.807, 2.05) is 0 Å². The minimum absolute atomic E-state index is 0.115. The van der Waals surface area contributed by atoms with Crippen LogP contribution in [0.4, 0.5) is 19.0 Å². The first kappa shape index (κ1) is 14.3. The Morgan fingerprint density at radius 2 is 2.05 bits per heavy atom. The number of amides is 1. The fourth-order valence-corrected chi connectivity index (χ4v) is 2.31. The monoisotopic (exact) mass is 309 g/mol. The normalized spacial score (nSPS) is 19.8. The van der Waals surface area contributed by atoms with Crippen molar-refractivity contribution in [3.8, 4) is 0 Å². The first-order chi connectivity index (χ1) is 10.5. The van der Waals surface area contributed by atoms with Gasteiger partial charge >= 0.3 is 5.69 Å². The van der Waals surface area contributed by atoms with E-state index in [0.717, 1.165) is 18.2 Å². The lowest BCUT2D eigenvalue weighted by Gasteiger charge is -2.06. The summed E-state index contributed by atoms with van der Waals surface area (Å²) >= 11 is 0. The Balaban J connectivity index is 1.74. The number of carbonyl (C=O) groups is 1. The third-order valence-electron chi connectivity index (χ3n) is 3.50. The van der Waals surface area contributed by atoms with Crippen LogP contribution in [0.15, 0.2) is 29.2 Å².